The fourth-order valence-corrected chi connectivity index (χ4v) is 4.52. The molecule has 0 radical (unpaired) electrons. The van der Waals surface area contributed by atoms with Crippen molar-refractivity contribution in [1.82, 2.24) is 0 Å². The van der Waals surface area contributed by atoms with Crippen LogP contribution in [0.3, 0.4) is 0 Å². The highest BCUT2D eigenvalue weighted by Gasteiger charge is 2.22. The average Bonchev–Trinajstić information content (AvgIpc) is 3.88. The molecule has 2 unspecified atom stereocenters. The van der Waals surface area contributed by atoms with E-state index >= 15 is 0 Å². The van der Waals surface area contributed by atoms with Gasteiger partial charge in [0.05, 0.1) is 39.6 Å². The second-order valence-electron chi connectivity index (χ2n) is 9.94. The van der Waals surface area contributed by atoms with Gasteiger partial charge in [-0.15, -0.1) is 0 Å². The minimum Gasteiger partial charge on any atom is -0.491 e. The van der Waals surface area contributed by atoms with Gasteiger partial charge >= 0.3 is 0 Å². The summed E-state index contributed by atoms with van der Waals surface area (Å²) in [5.74, 6) is 1.75. The number of aryl methyl sites for hydroxylation is 2. The zero-order chi connectivity index (χ0) is 25.6. The van der Waals surface area contributed by atoms with E-state index in [1.807, 2.05) is 12.1 Å². The van der Waals surface area contributed by atoms with Gasteiger partial charge in [0, 0.05) is 0 Å². The van der Waals surface area contributed by atoms with Crippen LogP contribution >= 0.6 is 0 Å². The van der Waals surface area contributed by atoms with Crippen LogP contribution in [-0.4, -0.2) is 65.1 Å². The van der Waals surface area contributed by atoms with Crippen LogP contribution in [0.15, 0.2) is 72.8 Å². The lowest BCUT2D eigenvalue weighted by Crippen LogP contribution is -2.10. The van der Waals surface area contributed by atoms with E-state index in [0.29, 0.717) is 51.8 Å². The van der Waals surface area contributed by atoms with Gasteiger partial charge in [0.2, 0.25) is 0 Å². The summed E-state index contributed by atoms with van der Waals surface area (Å²) in [4.78, 5) is 0. The molecule has 0 N–H and O–H groups in total. The average molecular weight is 515 g/mol. The van der Waals surface area contributed by atoms with E-state index in [-0.39, 0.29) is 0 Å². The molecule has 2 aliphatic rings. The standard InChI is InChI=1S/C32H34O6/c1(23-3-5-27-17-29(9-7-25(27)15-23)35-13-11-33-19-31-21-37-31)2-24-4-6-28-18-30(10-8-26(28)16-24)36-14-12-34-20-32-22-38-32/h3-10,15-18,31-32H,1-2,11-14,19-22H2. The molecular formula is C32H34O6. The first kappa shape index (κ1) is 25.1. The van der Waals surface area contributed by atoms with E-state index < -0.39 is 0 Å². The Morgan fingerprint density at radius 1 is 0.526 bits per heavy atom. The Hall–Kier alpha value is -3.16. The lowest BCUT2D eigenvalue weighted by Gasteiger charge is -2.10. The smallest absolute Gasteiger partial charge is 0.120 e. The second kappa shape index (κ2) is 12.1. The van der Waals surface area contributed by atoms with Crippen molar-refractivity contribution < 1.29 is 28.4 Å². The molecule has 4 aromatic carbocycles. The molecular weight excluding hydrogens is 480 g/mol. The first-order valence-corrected chi connectivity index (χ1v) is 13.5. The van der Waals surface area contributed by atoms with Crippen molar-refractivity contribution >= 4 is 21.5 Å². The number of rotatable bonds is 15. The highest BCUT2D eigenvalue weighted by Crippen LogP contribution is 2.25. The van der Waals surface area contributed by atoms with Crippen molar-refractivity contribution in [2.45, 2.75) is 25.0 Å². The molecule has 4 aromatic rings. The summed E-state index contributed by atoms with van der Waals surface area (Å²) in [6, 6.07) is 25.9. The van der Waals surface area contributed by atoms with Crippen molar-refractivity contribution in [2.75, 3.05) is 52.9 Å². The Morgan fingerprint density at radius 3 is 1.39 bits per heavy atom. The lowest BCUT2D eigenvalue weighted by molar-refractivity contribution is 0.0879. The van der Waals surface area contributed by atoms with Gasteiger partial charge in [-0.3, -0.25) is 0 Å². The zero-order valence-electron chi connectivity index (χ0n) is 21.6. The number of benzene rings is 4. The monoisotopic (exact) mass is 514 g/mol. The Morgan fingerprint density at radius 2 is 0.947 bits per heavy atom. The van der Waals surface area contributed by atoms with Gasteiger partial charge in [-0.25, -0.2) is 0 Å². The second-order valence-corrected chi connectivity index (χ2v) is 9.94. The maximum absolute atomic E-state index is 5.85. The first-order valence-electron chi connectivity index (χ1n) is 13.5. The number of fused-ring (bicyclic) bond motifs is 2. The summed E-state index contributed by atoms with van der Waals surface area (Å²) in [6.07, 6.45) is 2.58. The van der Waals surface area contributed by atoms with Gasteiger partial charge < -0.3 is 28.4 Å². The van der Waals surface area contributed by atoms with Crippen LogP contribution < -0.4 is 9.47 Å². The molecule has 2 heterocycles. The van der Waals surface area contributed by atoms with E-state index in [0.717, 1.165) is 37.6 Å². The normalized spacial score (nSPS) is 18.1. The molecule has 6 nitrogen and oxygen atoms in total. The molecule has 0 saturated carbocycles. The summed E-state index contributed by atoms with van der Waals surface area (Å²) in [5.41, 5.74) is 2.67. The Bertz CT molecular complexity index is 1260. The zero-order valence-corrected chi connectivity index (χ0v) is 21.6. The minimum absolute atomic E-state index is 0.295. The van der Waals surface area contributed by atoms with Crippen LogP contribution in [0.4, 0.5) is 0 Å². The van der Waals surface area contributed by atoms with Crippen molar-refractivity contribution in [3.8, 4) is 11.5 Å². The highest BCUT2D eigenvalue weighted by molar-refractivity contribution is 5.85. The van der Waals surface area contributed by atoms with Gasteiger partial charge in [0.25, 0.3) is 0 Å². The molecule has 198 valence electrons. The molecule has 0 spiro atoms. The molecule has 38 heavy (non-hydrogen) atoms. The third kappa shape index (κ3) is 7.23. The van der Waals surface area contributed by atoms with Crippen LogP contribution in [0.2, 0.25) is 0 Å². The van der Waals surface area contributed by atoms with Crippen molar-refractivity contribution in [3.05, 3.63) is 83.9 Å². The number of epoxide rings is 2. The third-order valence-corrected chi connectivity index (χ3v) is 6.86. The molecule has 2 atom stereocenters. The van der Waals surface area contributed by atoms with Crippen molar-refractivity contribution in [2.24, 2.45) is 0 Å². The van der Waals surface area contributed by atoms with Gasteiger partial charge in [0.15, 0.2) is 0 Å². The van der Waals surface area contributed by atoms with Gasteiger partial charge in [-0.05, 0) is 69.8 Å². The first-order chi connectivity index (χ1) is 18.8. The predicted octanol–water partition coefficient (Wildman–Crippen LogP) is 5.37. The summed E-state index contributed by atoms with van der Waals surface area (Å²) >= 11 is 0. The van der Waals surface area contributed by atoms with Crippen LogP contribution in [0, 0.1) is 0 Å². The van der Waals surface area contributed by atoms with E-state index in [9.17, 15) is 0 Å². The molecule has 2 aliphatic heterocycles. The minimum atomic E-state index is 0.295. The molecule has 0 amide bonds. The maximum Gasteiger partial charge on any atom is 0.120 e. The van der Waals surface area contributed by atoms with E-state index in [4.69, 9.17) is 28.4 Å². The number of hydrogen-bond acceptors (Lipinski definition) is 6. The summed E-state index contributed by atoms with van der Waals surface area (Å²) in [5, 5.41) is 4.83. The largest absolute Gasteiger partial charge is 0.491 e. The van der Waals surface area contributed by atoms with E-state index in [1.165, 1.54) is 32.7 Å². The SMILES string of the molecule is c1cc2cc(OCCOCC3CO3)ccc2cc1CCc1ccc2cc(OCCOCC3CO3)ccc2c1. The van der Waals surface area contributed by atoms with Gasteiger partial charge in [-0.1, -0.05) is 48.5 Å². The Balaban J connectivity index is 0.985. The Labute approximate surface area is 223 Å². The molecule has 2 fully saturated rings. The predicted molar refractivity (Wildman–Crippen MR) is 147 cm³/mol. The number of hydrogen-bond donors (Lipinski definition) is 0. The maximum atomic E-state index is 5.85. The summed E-state index contributed by atoms with van der Waals surface area (Å²) < 4.78 is 33.1. The topological polar surface area (TPSA) is 62.0 Å². The third-order valence-electron chi connectivity index (χ3n) is 6.86. The fraction of sp³-hybridized carbons (Fsp3) is 0.375. The highest BCUT2D eigenvalue weighted by atomic mass is 16.6. The van der Waals surface area contributed by atoms with Crippen molar-refractivity contribution in [1.29, 1.82) is 0 Å². The fourth-order valence-electron chi connectivity index (χ4n) is 4.52. The number of ether oxygens (including phenoxy) is 6. The molecule has 2 saturated heterocycles. The molecule has 6 heteroatoms. The van der Waals surface area contributed by atoms with Crippen LogP contribution in [0.5, 0.6) is 11.5 Å². The Kier molecular flexibility index (Phi) is 8.03. The van der Waals surface area contributed by atoms with Crippen LogP contribution in [-0.2, 0) is 31.8 Å². The summed E-state index contributed by atoms with van der Waals surface area (Å²) in [6.45, 7) is 5.20. The van der Waals surface area contributed by atoms with Crippen molar-refractivity contribution in [3.63, 3.8) is 0 Å². The molecule has 6 rings (SSSR count). The van der Waals surface area contributed by atoms with E-state index in [1.54, 1.807) is 0 Å². The van der Waals surface area contributed by atoms with Gasteiger partial charge in [-0.2, -0.15) is 0 Å². The molecule has 0 bridgehead atoms. The quantitative estimate of drug-likeness (QED) is 0.157. The van der Waals surface area contributed by atoms with Gasteiger partial charge in [0.1, 0.15) is 36.9 Å². The van der Waals surface area contributed by atoms with Crippen LogP contribution in [0.25, 0.3) is 21.5 Å². The molecule has 0 aromatic heterocycles. The van der Waals surface area contributed by atoms with E-state index in [2.05, 4.69) is 60.7 Å². The molecule has 0 aliphatic carbocycles. The lowest BCUT2D eigenvalue weighted by atomic mass is 9.99. The summed E-state index contributed by atoms with van der Waals surface area (Å²) in [7, 11) is 0. The van der Waals surface area contributed by atoms with Crippen LogP contribution in [0.1, 0.15) is 11.1 Å².